The van der Waals surface area contributed by atoms with Gasteiger partial charge in [0.1, 0.15) is 0 Å². The fourth-order valence-electron chi connectivity index (χ4n) is 4.03. The Hall–Kier alpha value is -1.75. The number of phenolic OH excluding ortho intramolecular Hbond substituents is 1. The van der Waals surface area contributed by atoms with E-state index in [1.165, 1.54) is 0 Å². The number of phenols is 1. The second kappa shape index (κ2) is 8.76. The van der Waals surface area contributed by atoms with E-state index < -0.39 is 0 Å². The van der Waals surface area contributed by atoms with Crippen LogP contribution in [-0.2, 0) is 11.3 Å². The molecule has 2 aliphatic rings. The smallest absolute Gasteiger partial charge is 0.225 e. The van der Waals surface area contributed by atoms with Gasteiger partial charge in [0.15, 0.2) is 11.5 Å². The van der Waals surface area contributed by atoms with Gasteiger partial charge in [-0.15, -0.1) is 0 Å². The van der Waals surface area contributed by atoms with Gasteiger partial charge in [0.2, 0.25) is 5.91 Å². The highest BCUT2D eigenvalue weighted by atomic mass is 16.5. The van der Waals surface area contributed by atoms with Crippen molar-refractivity contribution < 1.29 is 14.6 Å². The zero-order chi connectivity index (χ0) is 18.5. The van der Waals surface area contributed by atoms with Crippen LogP contribution in [0.3, 0.4) is 0 Å². The summed E-state index contributed by atoms with van der Waals surface area (Å²) in [4.78, 5) is 17.2. The zero-order valence-corrected chi connectivity index (χ0v) is 16.1. The van der Waals surface area contributed by atoms with Gasteiger partial charge in [-0.2, -0.15) is 0 Å². The maximum atomic E-state index is 12.7. The van der Waals surface area contributed by atoms with E-state index in [0.717, 1.165) is 63.3 Å². The normalized spacial score (nSPS) is 20.3. The quantitative estimate of drug-likeness (QED) is 0.876. The fraction of sp³-hybridized carbons (Fsp3) is 0.667. The molecule has 1 N–H and O–H groups in total. The molecule has 5 nitrogen and oxygen atoms in total. The molecule has 0 bridgehead atoms. The van der Waals surface area contributed by atoms with Crippen molar-refractivity contribution >= 4 is 5.91 Å². The third-order valence-corrected chi connectivity index (χ3v) is 5.81. The molecule has 0 aromatic heterocycles. The van der Waals surface area contributed by atoms with Crippen molar-refractivity contribution in [2.75, 3.05) is 32.8 Å². The molecule has 5 heteroatoms. The van der Waals surface area contributed by atoms with Crippen molar-refractivity contribution in [1.82, 2.24) is 9.80 Å². The number of hydrogen-bond acceptors (Lipinski definition) is 4. The zero-order valence-electron chi connectivity index (χ0n) is 16.1. The van der Waals surface area contributed by atoms with E-state index in [1.54, 1.807) is 6.07 Å². The summed E-state index contributed by atoms with van der Waals surface area (Å²) < 4.78 is 5.47. The number of benzene rings is 1. The monoisotopic (exact) mass is 360 g/mol. The van der Waals surface area contributed by atoms with Gasteiger partial charge < -0.3 is 14.7 Å². The Labute approximate surface area is 156 Å². The molecule has 0 radical (unpaired) electrons. The Bertz CT molecular complexity index is 603. The molecule has 1 aromatic carbocycles. The lowest BCUT2D eigenvalue weighted by Crippen LogP contribution is -2.45. The molecule has 0 spiro atoms. The lowest BCUT2D eigenvalue weighted by atomic mass is 9.92. The van der Waals surface area contributed by atoms with Crippen molar-refractivity contribution in [2.24, 2.45) is 11.8 Å². The largest absolute Gasteiger partial charge is 0.504 e. The molecule has 0 unspecified atom stereocenters. The number of rotatable bonds is 5. The topological polar surface area (TPSA) is 53.0 Å². The maximum Gasteiger partial charge on any atom is 0.225 e. The first kappa shape index (κ1) is 19.0. The third-order valence-electron chi connectivity index (χ3n) is 5.81. The first-order valence-electron chi connectivity index (χ1n) is 10.0. The lowest BCUT2D eigenvalue weighted by molar-refractivity contribution is -0.138. The summed E-state index contributed by atoms with van der Waals surface area (Å²) in [7, 11) is 0. The van der Waals surface area contributed by atoms with E-state index in [0.29, 0.717) is 24.8 Å². The molecular weight excluding hydrogens is 328 g/mol. The van der Waals surface area contributed by atoms with E-state index in [4.69, 9.17) is 4.74 Å². The fourth-order valence-corrected chi connectivity index (χ4v) is 4.03. The second-order valence-corrected chi connectivity index (χ2v) is 7.76. The van der Waals surface area contributed by atoms with Crippen molar-refractivity contribution in [3.63, 3.8) is 0 Å². The molecule has 2 fully saturated rings. The standard InChI is InChI=1S/C21H32N2O3/c1-3-26-19-6-4-5-18(20(19)24)15-22-11-9-17(10-12-22)21(25)23-13-7-16(2)8-14-23/h4-6,16-17,24H,3,7-15H2,1-2H3. The summed E-state index contributed by atoms with van der Waals surface area (Å²) in [5, 5.41) is 10.4. The lowest BCUT2D eigenvalue weighted by Gasteiger charge is -2.36. The minimum Gasteiger partial charge on any atom is -0.504 e. The predicted molar refractivity (Wildman–Crippen MR) is 102 cm³/mol. The van der Waals surface area contributed by atoms with Gasteiger partial charge in [-0.1, -0.05) is 19.1 Å². The van der Waals surface area contributed by atoms with Crippen molar-refractivity contribution in [2.45, 2.75) is 46.1 Å². The Morgan fingerprint density at radius 1 is 1.15 bits per heavy atom. The highest BCUT2D eigenvalue weighted by Gasteiger charge is 2.30. The average molecular weight is 360 g/mol. The van der Waals surface area contributed by atoms with E-state index in [2.05, 4.69) is 16.7 Å². The number of likely N-dealkylation sites (tertiary alicyclic amines) is 2. The molecule has 144 valence electrons. The molecule has 2 heterocycles. The van der Waals surface area contributed by atoms with Crippen molar-refractivity contribution in [3.05, 3.63) is 23.8 Å². The van der Waals surface area contributed by atoms with E-state index in [9.17, 15) is 9.90 Å². The Morgan fingerprint density at radius 2 is 1.85 bits per heavy atom. The summed E-state index contributed by atoms with van der Waals surface area (Å²) in [5.74, 6) is 2.08. The number of nitrogens with zero attached hydrogens (tertiary/aromatic N) is 2. The molecule has 0 atom stereocenters. The second-order valence-electron chi connectivity index (χ2n) is 7.76. The summed E-state index contributed by atoms with van der Waals surface area (Å²) in [5.41, 5.74) is 0.894. The number of ether oxygens (including phenoxy) is 1. The van der Waals surface area contributed by atoms with Gasteiger partial charge >= 0.3 is 0 Å². The van der Waals surface area contributed by atoms with Crippen LogP contribution in [0.4, 0.5) is 0 Å². The van der Waals surface area contributed by atoms with Crippen LogP contribution in [0, 0.1) is 11.8 Å². The van der Waals surface area contributed by atoms with E-state index in [1.807, 2.05) is 19.1 Å². The van der Waals surface area contributed by atoms with Crippen LogP contribution in [0.25, 0.3) is 0 Å². The van der Waals surface area contributed by atoms with Gasteiger partial charge in [-0.25, -0.2) is 0 Å². The van der Waals surface area contributed by atoms with Crippen LogP contribution in [-0.4, -0.2) is 53.6 Å². The summed E-state index contributed by atoms with van der Waals surface area (Å²) in [6, 6.07) is 5.67. The van der Waals surface area contributed by atoms with Crippen LogP contribution in [0.15, 0.2) is 18.2 Å². The molecule has 26 heavy (non-hydrogen) atoms. The molecule has 1 aromatic rings. The van der Waals surface area contributed by atoms with Gasteiger partial charge in [-0.05, 0) is 57.7 Å². The number of hydrogen-bond donors (Lipinski definition) is 1. The van der Waals surface area contributed by atoms with Gasteiger partial charge in [-0.3, -0.25) is 9.69 Å². The Kier molecular flexibility index (Phi) is 6.41. The van der Waals surface area contributed by atoms with Crippen LogP contribution < -0.4 is 4.74 Å². The summed E-state index contributed by atoms with van der Waals surface area (Å²) >= 11 is 0. The maximum absolute atomic E-state index is 12.7. The SMILES string of the molecule is CCOc1cccc(CN2CCC(C(=O)N3CCC(C)CC3)CC2)c1O. The first-order chi connectivity index (χ1) is 12.6. The number of para-hydroxylation sites is 1. The van der Waals surface area contributed by atoms with Gasteiger partial charge in [0, 0.05) is 31.1 Å². The van der Waals surface area contributed by atoms with Crippen molar-refractivity contribution in [3.8, 4) is 11.5 Å². The van der Waals surface area contributed by atoms with E-state index >= 15 is 0 Å². The minimum atomic E-state index is 0.169. The van der Waals surface area contributed by atoms with Crippen LogP contribution in [0.2, 0.25) is 0 Å². The summed E-state index contributed by atoms with van der Waals surface area (Å²) in [6.45, 7) is 9.09. The molecule has 1 amide bonds. The highest BCUT2D eigenvalue weighted by Crippen LogP contribution is 2.32. The first-order valence-corrected chi connectivity index (χ1v) is 10.0. The number of piperidine rings is 2. The van der Waals surface area contributed by atoms with Crippen molar-refractivity contribution in [1.29, 1.82) is 0 Å². The molecule has 0 aliphatic carbocycles. The third kappa shape index (κ3) is 4.50. The highest BCUT2D eigenvalue weighted by molar-refractivity contribution is 5.79. The van der Waals surface area contributed by atoms with Gasteiger partial charge in [0.25, 0.3) is 0 Å². The number of carbonyl (C=O) groups excluding carboxylic acids is 1. The number of amides is 1. The molecule has 3 rings (SSSR count). The van der Waals surface area contributed by atoms with Crippen LogP contribution >= 0.6 is 0 Å². The molecule has 0 saturated carbocycles. The minimum absolute atomic E-state index is 0.169. The van der Waals surface area contributed by atoms with E-state index in [-0.39, 0.29) is 11.7 Å². The molecular formula is C21H32N2O3. The van der Waals surface area contributed by atoms with Crippen LogP contribution in [0.5, 0.6) is 11.5 Å². The average Bonchev–Trinajstić information content (AvgIpc) is 2.66. The Morgan fingerprint density at radius 3 is 2.50 bits per heavy atom. The van der Waals surface area contributed by atoms with Gasteiger partial charge in [0.05, 0.1) is 6.61 Å². The summed E-state index contributed by atoms with van der Waals surface area (Å²) in [6.07, 6.45) is 4.10. The predicted octanol–water partition coefficient (Wildman–Crippen LogP) is 3.26. The number of aromatic hydroxyl groups is 1. The number of carbonyl (C=O) groups is 1. The molecule has 2 saturated heterocycles. The molecule has 2 aliphatic heterocycles. The van der Waals surface area contributed by atoms with Crippen LogP contribution in [0.1, 0.15) is 45.1 Å². The Balaban J connectivity index is 1.51.